The van der Waals surface area contributed by atoms with Crippen LogP contribution >= 0.6 is 0 Å². The quantitative estimate of drug-likeness (QED) is 0.588. The van der Waals surface area contributed by atoms with Crippen LogP contribution in [0.15, 0.2) is 55.8 Å². The Balaban J connectivity index is 1.69. The van der Waals surface area contributed by atoms with E-state index in [4.69, 9.17) is 0 Å². The lowest BCUT2D eigenvalue weighted by Crippen LogP contribution is -2.25. The van der Waals surface area contributed by atoms with Gasteiger partial charge in [0.15, 0.2) is 0 Å². The SMILES string of the molecule is C=Cn1ncc(CN(CCCn2ccnc2)Cc2cccc(F)c2)c1C. The van der Waals surface area contributed by atoms with Gasteiger partial charge in [0.2, 0.25) is 0 Å². The summed E-state index contributed by atoms with van der Waals surface area (Å²) in [5, 5.41) is 4.33. The fraction of sp³-hybridized carbons (Fsp3) is 0.300. The molecule has 1 aromatic carbocycles. The van der Waals surface area contributed by atoms with Gasteiger partial charge in [0.1, 0.15) is 5.82 Å². The van der Waals surface area contributed by atoms with Gasteiger partial charge in [-0.3, -0.25) is 4.90 Å². The molecule has 6 heteroatoms. The molecule has 0 atom stereocenters. The first-order valence-corrected chi connectivity index (χ1v) is 8.74. The molecule has 2 aromatic heterocycles. The van der Waals surface area contributed by atoms with Gasteiger partial charge in [-0.05, 0) is 31.0 Å². The van der Waals surface area contributed by atoms with Crippen molar-refractivity contribution in [3.8, 4) is 0 Å². The summed E-state index contributed by atoms with van der Waals surface area (Å²) in [7, 11) is 0. The molecule has 0 fully saturated rings. The van der Waals surface area contributed by atoms with Crippen LogP contribution in [0.25, 0.3) is 6.20 Å². The normalized spacial score (nSPS) is 11.2. The van der Waals surface area contributed by atoms with Crippen molar-refractivity contribution in [2.45, 2.75) is 33.0 Å². The predicted molar refractivity (Wildman–Crippen MR) is 101 cm³/mol. The number of nitrogens with zero attached hydrogens (tertiary/aromatic N) is 5. The van der Waals surface area contributed by atoms with Crippen molar-refractivity contribution in [2.75, 3.05) is 6.54 Å². The van der Waals surface area contributed by atoms with Crippen LogP contribution in [0.1, 0.15) is 23.2 Å². The van der Waals surface area contributed by atoms with Crippen LogP contribution < -0.4 is 0 Å². The molecule has 0 spiro atoms. The van der Waals surface area contributed by atoms with E-state index in [0.717, 1.165) is 42.9 Å². The minimum absolute atomic E-state index is 0.198. The summed E-state index contributed by atoms with van der Waals surface area (Å²) in [5.41, 5.74) is 3.21. The number of halogens is 1. The molecule has 2 heterocycles. The third-order valence-corrected chi connectivity index (χ3v) is 4.46. The van der Waals surface area contributed by atoms with Crippen molar-refractivity contribution in [2.24, 2.45) is 0 Å². The summed E-state index contributed by atoms with van der Waals surface area (Å²) in [5.74, 6) is -0.198. The summed E-state index contributed by atoms with van der Waals surface area (Å²) in [6.07, 6.45) is 10.2. The lowest BCUT2D eigenvalue weighted by Gasteiger charge is -2.22. The van der Waals surface area contributed by atoms with Crippen molar-refractivity contribution in [3.05, 3.63) is 78.4 Å². The van der Waals surface area contributed by atoms with Gasteiger partial charge in [-0.25, -0.2) is 14.1 Å². The van der Waals surface area contributed by atoms with Crippen LogP contribution in [0.5, 0.6) is 0 Å². The third kappa shape index (κ3) is 4.67. The number of benzene rings is 1. The minimum atomic E-state index is -0.198. The fourth-order valence-corrected chi connectivity index (χ4v) is 3.04. The highest BCUT2D eigenvalue weighted by Gasteiger charge is 2.12. The highest BCUT2D eigenvalue weighted by molar-refractivity contribution is 5.26. The van der Waals surface area contributed by atoms with Gasteiger partial charge >= 0.3 is 0 Å². The first-order valence-electron chi connectivity index (χ1n) is 8.74. The first-order chi connectivity index (χ1) is 12.7. The Morgan fingerprint density at radius 1 is 1.31 bits per heavy atom. The Morgan fingerprint density at radius 2 is 2.19 bits per heavy atom. The molecule has 0 saturated heterocycles. The molecule has 0 saturated carbocycles. The van der Waals surface area contributed by atoms with Crippen molar-refractivity contribution in [3.63, 3.8) is 0 Å². The van der Waals surface area contributed by atoms with Gasteiger partial charge in [0.25, 0.3) is 0 Å². The topological polar surface area (TPSA) is 38.9 Å². The largest absolute Gasteiger partial charge is 0.337 e. The minimum Gasteiger partial charge on any atom is -0.337 e. The molecule has 0 radical (unpaired) electrons. The molecule has 0 bridgehead atoms. The van der Waals surface area contributed by atoms with Gasteiger partial charge in [0, 0.05) is 56.0 Å². The molecule has 0 aliphatic carbocycles. The maximum absolute atomic E-state index is 13.5. The average Bonchev–Trinajstić information content (AvgIpc) is 3.25. The number of imidazole rings is 1. The second-order valence-electron chi connectivity index (χ2n) is 6.38. The highest BCUT2D eigenvalue weighted by atomic mass is 19.1. The molecule has 0 aliphatic heterocycles. The van der Waals surface area contributed by atoms with E-state index >= 15 is 0 Å². The Morgan fingerprint density at radius 3 is 2.88 bits per heavy atom. The zero-order valence-corrected chi connectivity index (χ0v) is 15.1. The van der Waals surface area contributed by atoms with Crippen LogP contribution in [0.3, 0.4) is 0 Å². The maximum Gasteiger partial charge on any atom is 0.123 e. The number of aromatic nitrogens is 4. The van der Waals surface area contributed by atoms with E-state index in [2.05, 4.69) is 26.1 Å². The lowest BCUT2D eigenvalue weighted by molar-refractivity contribution is 0.247. The van der Waals surface area contributed by atoms with E-state index in [-0.39, 0.29) is 5.82 Å². The van der Waals surface area contributed by atoms with E-state index in [0.29, 0.717) is 6.54 Å². The Bertz CT molecular complexity index is 838. The molecular weight excluding hydrogens is 329 g/mol. The van der Waals surface area contributed by atoms with Gasteiger partial charge in [-0.1, -0.05) is 18.7 Å². The molecule has 0 unspecified atom stereocenters. The smallest absolute Gasteiger partial charge is 0.123 e. The molecule has 3 aromatic rings. The lowest BCUT2D eigenvalue weighted by atomic mass is 10.1. The van der Waals surface area contributed by atoms with Crippen LogP contribution in [0.2, 0.25) is 0 Å². The van der Waals surface area contributed by atoms with Crippen LogP contribution in [-0.2, 0) is 19.6 Å². The van der Waals surface area contributed by atoms with Gasteiger partial charge in [-0.15, -0.1) is 0 Å². The standard InChI is InChI=1S/C20H24FN5/c1-3-26-17(2)19(13-23-26)15-25(10-5-9-24-11-8-22-16-24)14-18-6-4-7-20(21)12-18/h3-4,6-8,11-13,16H,1,5,9-10,14-15H2,2H3. The molecule has 5 nitrogen and oxygen atoms in total. The van der Waals surface area contributed by atoms with E-state index in [1.165, 1.54) is 6.07 Å². The van der Waals surface area contributed by atoms with E-state index < -0.39 is 0 Å². The summed E-state index contributed by atoms with van der Waals surface area (Å²) in [6.45, 7) is 9.08. The summed E-state index contributed by atoms with van der Waals surface area (Å²) >= 11 is 0. The first kappa shape index (κ1) is 18.1. The molecule has 26 heavy (non-hydrogen) atoms. The number of aryl methyl sites for hydroxylation is 1. The molecule has 0 N–H and O–H groups in total. The molecule has 0 aliphatic rings. The third-order valence-electron chi connectivity index (χ3n) is 4.46. The number of hydrogen-bond donors (Lipinski definition) is 0. The molecular formula is C20H24FN5. The highest BCUT2D eigenvalue weighted by Crippen LogP contribution is 2.15. The van der Waals surface area contributed by atoms with Crippen molar-refractivity contribution >= 4 is 6.20 Å². The second-order valence-corrected chi connectivity index (χ2v) is 6.38. The summed E-state index contributed by atoms with van der Waals surface area (Å²) in [6, 6.07) is 6.80. The summed E-state index contributed by atoms with van der Waals surface area (Å²) < 4.78 is 17.4. The zero-order chi connectivity index (χ0) is 18.4. The van der Waals surface area contributed by atoms with Gasteiger partial charge in [0.05, 0.1) is 12.5 Å². The average molecular weight is 353 g/mol. The van der Waals surface area contributed by atoms with Gasteiger partial charge in [-0.2, -0.15) is 5.10 Å². The predicted octanol–water partition coefficient (Wildman–Crippen LogP) is 3.72. The fourth-order valence-electron chi connectivity index (χ4n) is 3.04. The summed E-state index contributed by atoms with van der Waals surface area (Å²) in [4.78, 5) is 6.40. The number of hydrogen-bond acceptors (Lipinski definition) is 3. The van der Waals surface area contributed by atoms with Crippen LogP contribution in [-0.4, -0.2) is 30.8 Å². The van der Waals surface area contributed by atoms with Crippen LogP contribution in [0, 0.1) is 12.7 Å². The second kappa shape index (κ2) is 8.58. The zero-order valence-electron chi connectivity index (χ0n) is 15.1. The van der Waals surface area contributed by atoms with Crippen molar-refractivity contribution < 1.29 is 4.39 Å². The maximum atomic E-state index is 13.5. The van der Waals surface area contributed by atoms with Crippen molar-refractivity contribution in [1.82, 2.24) is 24.2 Å². The van der Waals surface area contributed by atoms with Crippen LogP contribution in [0.4, 0.5) is 4.39 Å². The van der Waals surface area contributed by atoms with Gasteiger partial charge < -0.3 is 4.57 Å². The van der Waals surface area contributed by atoms with E-state index in [9.17, 15) is 4.39 Å². The molecule has 3 rings (SSSR count). The monoisotopic (exact) mass is 353 g/mol. The Labute approximate surface area is 153 Å². The molecule has 136 valence electrons. The Kier molecular flexibility index (Phi) is 5.96. The van der Waals surface area contributed by atoms with E-state index in [1.54, 1.807) is 29.2 Å². The van der Waals surface area contributed by atoms with Crippen molar-refractivity contribution in [1.29, 1.82) is 0 Å². The number of rotatable bonds is 9. The Hall–Kier alpha value is -2.73. The van der Waals surface area contributed by atoms with E-state index in [1.807, 2.05) is 31.7 Å². The molecule has 0 amide bonds.